The van der Waals surface area contributed by atoms with Crippen LogP contribution in [0.1, 0.15) is 11.1 Å². The number of hydrogen-bond acceptors (Lipinski definition) is 6. The van der Waals surface area contributed by atoms with Gasteiger partial charge in [0.15, 0.2) is 17.7 Å². The fraction of sp³-hybridized carbons (Fsp3) is 0.211. The number of halogens is 1. The molecule has 3 rings (SSSR count). The Balaban J connectivity index is 1.64. The molecule has 1 heterocycles. The van der Waals surface area contributed by atoms with Crippen LogP contribution in [0.3, 0.4) is 0 Å². The smallest absolute Gasteiger partial charge is 0.414 e. The summed E-state index contributed by atoms with van der Waals surface area (Å²) in [6.45, 7) is 0. The van der Waals surface area contributed by atoms with E-state index >= 15 is 0 Å². The molecule has 146 valence electrons. The number of rotatable bonds is 7. The van der Waals surface area contributed by atoms with Crippen molar-refractivity contribution in [2.45, 2.75) is 25.0 Å². The molecule has 0 bridgehead atoms. The van der Waals surface area contributed by atoms with Crippen molar-refractivity contribution < 1.29 is 33.4 Å². The quantitative estimate of drug-likeness (QED) is 0.659. The molecule has 1 fully saturated rings. The van der Waals surface area contributed by atoms with Gasteiger partial charge in [-0.15, -0.1) is 0 Å². The van der Waals surface area contributed by atoms with Crippen LogP contribution < -0.4 is 15.8 Å². The normalized spacial score (nSPS) is 17.0. The van der Waals surface area contributed by atoms with Gasteiger partial charge in [0.05, 0.1) is 0 Å². The number of hydrogen-bond donors (Lipinski definition) is 3. The average molecular weight is 388 g/mol. The predicted molar refractivity (Wildman–Crippen MR) is 94.3 cm³/mol. The molecule has 4 N–H and O–H groups in total. The fourth-order valence-electron chi connectivity index (χ4n) is 2.66. The number of carboxylic acids is 1. The van der Waals surface area contributed by atoms with Gasteiger partial charge < -0.3 is 20.3 Å². The number of carbonyl (C=O) groups is 3. The Labute approximate surface area is 159 Å². The second-order valence-electron chi connectivity index (χ2n) is 6.25. The van der Waals surface area contributed by atoms with Crippen LogP contribution in [0.2, 0.25) is 0 Å². The van der Waals surface area contributed by atoms with E-state index in [1.54, 1.807) is 30.3 Å². The highest BCUT2D eigenvalue weighted by molar-refractivity contribution is 6.00. The zero-order chi connectivity index (χ0) is 20.3. The van der Waals surface area contributed by atoms with Gasteiger partial charge in [-0.1, -0.05) is 18.2 Å². The van der Waals surface area contributed by atoms with Gasteiger partial charge in [-0.3, -0.25) is 14.9 Å². The molecule has 2 amide bonds. The van der Waals surface area contributed by atoms with Crippen LogP contribution in [0, 0.1) is 5.82 Å². The van der Waals surface area contributed by atoms with Crippen LogP contribution in [0.25, 0.3) is 0 Å². The number of ether oxygens (including phenoxy) is 2. The van der Waals surface area contributed by atoms with E-state index in [9.17, 15) is 18.8 Å². The zero-order valence-corrected chi connectivity index (χ0v) is 14.6. The van der Waals surface area contributed by atoms with Crippen LogP contribution in [-0.2, 0) is 27.2 Å². The number of cyclic esters (lactones) is 1. The third-order valence-electron chi connectivity index (χ3n) is 4.11. The molecule has 1 saturated heterocycles. The standard InChI is InChI=1S/C19H17FN2O6/c20-13-7-11(9-16-17(23)22-19(26)28-16)3-6-15(13)27-12-4-1-10(2-5-12)8-14(21)18(24)25/h1-7,14,16H,8-9,21H2,(H,24,25)(H,22,23,26). The van der Waals surface area contributed by atoms with Crippen molar-refractivity contribution in [3.8, 4) is 11.5 Å². The van der Waals surface area contributed by atoms with Gasteiger partial charge in [0.2, 0.25) is 0 Å². The molecule has 0 aromatic heterocycles. The van der Waals surface area contributed by atoms with Crippen LogP contribution in [0.5, 0.6) is 11.5 Å². The van der Waals surface area contributed by atoms with Crippen LogP contribution in [0.4, 0.5) is 9.18 Å². The first-order valence-corrected chi connectivity index (χ1v) is 8.37. The minimum Gasteiger partial charge on any atom is -0.480 e. The van der Waals surface area contributed by atoms with Crippen LogP contribution >= 0.6 is 0 Å². The summed E-state index contributed by atoms with van der Waals surface area (Å²) in [4.78, 5) is 33.3. The number of nitrogens with one attached hydrogen (secondary N) is 1. The van der Waals surface area contributed by atoms with Crippen molar-refractivity contribution in [3.05, 3.63) is 59.4 Å². The van der Waals surface area contributed by atoms with E-state index in [0.717, 1.165) is 0 Å². The zero-order valence-electron chi connectivity index (χ0n) is 14.6. The molecular formula is C19H17FN2O6. The maximum absolute atomic E-state index is 14.3. The van der Waals surface area contributed by atoms with Crippen molar-refractivity contribution in [1.29, 1.82) is 0 Å². The third-order valence-corrected chi connectivity index (χ3v) is 4.11. The number of imide groups is 1. The van der Waals surface area contributed by atoms with Gasteiger partial charge in [-0.25, -0.2) is 9.18 Å². The number of benzene rings is 2. The monoisotopic (exact) mass is 388 g/mol. The second-order valence-corrected chi connectivity index (χ2v) is 6.25. The highest BCUT2D eigenvalue weighted by atomic mass is 19.1. The summed E-state index contributed by atoms with van der Waals surface area (Å²) in [5, 5.41) is 10.8. The lowest BCUT2D eigenvalue weighted by Gasteiger charge is -2.11. The lowest BCUT2D eigenvalue weighted by Crippen LogP contribution is -2.32. The van der Waals surface area contributed by atoms with Crippen molar-refractivity contribution in [3.63, 3.8) is 0 Å². The van der Waals surface area contributed by atoms with Gasteiger partial charge >= 0.3 is 12.1 Å². The molecule has 1 aliphatic heterocycles. The maximum Gasteiger partial charge on any atom is 0.414 e. The lowest BCUT2D eigenvalue weighted by atomic mass is 10.1. The Morgan fingerprint density at radius 3 is 2.46 bits per heavy atom. The Kier molecular flexibility index (Phi) is 5.55. The fourth-order valence-corrected chi connectivity index (χ4v) is 2.66. The van der Waals surface area contributed by atoms with Crippen LogP contribution in [-0.4, -0.2) is 35.2 Å². The molecule has 2 atom stereocenters. The van der Waals surface area contributed by atoms with Crippen molar-refractivity contribution >= 4 is 18.0 Å². The highest BCUT2D eigenvalue weighted by Crippen LogP contribution is 2.26. The highest BCUT2D eigenvalue weighted by Gasteiger charge is 2.32. The summed E-state index contributed by atoms with van der Waals surface area (Å²) in [6, 6.07) is 9.65. The Morgan fingerprint density at radius 1 is 1.21 bits per heavy atom. The first kappa shape index (κ1) is 19.3. The van der Waals surface area contributed by atoms with E-state index in [0.29, 0.717) is 16.9 Å². The van der Waals surface area contributed by atoms with Gasteiger partial charge in [0.25, 0.3) is 5.91 Å². The first-order valence-electron chi connectivity index (χ1n) is 8.37. The largest absolute Gasteiger partial charge is 0.480 e. The Bertz CT molecular complexity index is 915. The van der Waals surface area contributed by atoms with E-state index in [1.807, 2.05) is 5.32 Å². The van der Waals surface area contributed by atoms with E-state index in [1.165, 1.54) is 12.1 Å². The first-order chi connectivity index (χ1) is 13.3. The minimum atomic E-state index is -1.09. The Hall–Kier alpha value is -3.46. The summed E-state index contributed by atoms with van der Waals surface area (Å²) >= 11 is 0. The molecule has 2 aromatic carbocycles. The molecule has 28 heavy (non-hydrogen) atoms. The lowest BCUT2D eigenvalue weighted by molar-refractivity contribution is -0.138. The molecule has 0 radical (unpaired) electrons. The van der Waals surface area contributed by atoms with E-state index in [-0.39, 0.29) is 18.6 Å². The SMILES string of the molecule is NC(Cc1ccc(Oc2ccc(CC3OC(=O)NC3=O)cc2F)cc1)C(=O)O. The average Bonchev–Trinajstić information content (AvgIpc) is 2.96. The molecule has 2 unspecified atom stereocenters. The predicted octanol–water partition coefficient (Wildman–Crippen LogP) is 1.75. The van der Waals surface area contributed by atoms with E-state index in [2.05, 4.69) is 0 Å². The number of alkyl carbamates (subject to hydrolysis) is 1. The maximum atomic E-state index is 14.3. The molecule has 0 aliphatic carbocycles. The number of nitrogens with two attached hydrogens (primary N) is 1. The summed E-state index contributed by atoms with van der Waals surface area (Å²) in [7, 11) is 0. The van der Waals surface area contributed by atoms with Crippen molar-refractivity contribution in [2.24, 2.45) is 5.73 Å². The summed E-state index contributed by atoms with van der Waals surface area (Å²) < 4.78 is 24.6. The topological polar surface area (TPSA) is 128 Å². The third kappa shape index (κ3) is 4.63. The molecule has 8 nitrogen and oxygen atoms in total. The van der Waals surface area contributed by atoms with Gasteiger partial charge in [0, 0.05) is 6.42 Å². The van der Waals surface area contributed by atoms with Crippen molar-refractivity contribution in [1.82, 2.24) is 5.32 Å². The number of amides is 2. The second kappa shape index (κ2) is 8.05. The molecule has 9 heteroatoms. The molecule has 0 spiro atoms. The number of carbonyl (C=O) groups excluding carboxylic acids is 2. The Morgan fingerprint density at radius 2 is 1.89 bits per heavy atom. The number of aliphatic carboxylic acids is 1. The van der Waals surface area contributed by atoms with Gasteiger partial charge in [0.1, 0.15) is 11.8 Å². The summed E-state index contributed by atoms with van der Waals surface area (Å²) in [6.07, 6.45) is -1.59. The minimum absolute atomic E-state index is 0.0217. The number of carboxylic acid groups (broad SMARTS) is 1. The van der Waals surface area contributed by atoms with E-state index < -0.39 is 35.9 Å². The van der Waals surface area contributed by atoms with Crippen LogP contribution in [0.15, 0.2) is 42.5 Å². The molecule has 1 aliphatic rings. The van der Waals surface area contributed by atoms with Gasteiger partial charge in [-0.2, -0.15) is 0 Å². The molecule has 2 aromatic rings. The molecular weight excluding hydrogens is 371 g/mol. The van der Waals surface area contributed by atoms with Crippen molar-refractivity contribution in [2.75, 3.05) is 0 Å². The van der Waals surface area contributed by atoms with E-state index in [4.69, 9.17) is 20.3 Å². The summed E-state index contributed by atoms with van der Waals surface area (Å²) in [5.74, 6) is -1.95. The van der Waals surface area contributed by atoms with Gasteiger partial charge in [-0.05, 0) is 41.8 Å². The summed E-state index contributed by atoms with van der Waals surface area (Å²) in [5.41, 5.74) is 6.67. The molecule has 0 saturated carbocycles.